The smallest absolute Gasteiger partial charge is 0.233 e. The normalized spacial score (nSPS) is 11.3. The third-order valence-electron chi connectivity index (χ3n) is 3.84. The highest BCUT2D eigenvalue weighted by Gasteiger charge is 2.17. The number of allylic oxidation sites excluding steroid dienone is 1. The van der Waals surface area contributed by atoms with Gasteiger partial charge in [-0.15, -0.1) is 16.8 Å². The Hall–Kier alpha value is -1.30. The van der Waals surface area contributed by atoms with Gasteiger partial charge < -0.3 is 9.47 Å². The molecule has 1 amide bonds. The van der Waals surface area contributed by atoms with Crippen LogP contribution in [0.4, 0.5) is 0 Å². The molecule has 0 radical (unpaired) electrons. The van der Waals surface area contributed by atoms with Crippen molar-refractivity contribution in [2.45, 2.75) is 59.2 Å². The van der Waals surface area contributed by atoms with Crippen molar-refractivity contribution < 1.29 is 4.79 Å². The number of amides is 1. The average Bonchev–Trinajstić information content (AvgIpc) is 2.85. The summed E-state index contributed by atoms with van der Waals surface area (Å²) in [6.07, 6.45) is 3.90. The second kappa shape index (κ2) is 10.5. The van der Waals surface area contributed by atoms with Gasteiger partial charge in [0.15, 0.2) is 5.16 Å². The van der Waals surface area contributed by atoms with Crippen LogP contribution in [0.2, 0.25) is 0 Å². The van der Waals surface area contributed by atoms with Crippen LogP contribution in [-0.2, 0) is 11.3 Å². The number of hydrogen-bond donors (Lipinski definition) is 0. The maximum Gasteiger partial charge on any atom is 0.233 e. The molecule has 6 heteroatoms. The molecule has 1 aromatic heterocycles. The van der Waals surface area contributed by atoms with E-state index >= 15 is 0 Å². The van der Waals surface area contributed by atoms with Crippen molar-refractivity contribution in [1.82, 2.24) is 19.7 Å². The summed E-state index contributed by atoms with van der Waals surface area (Å²) in [5.41, 5.74) is 0. The molecule has 0 unspecified atom stereocenters. The molecule has 0 aliphatic heterocycles. The first kappa shape index (κ1) is 20.7. The Morgan fingerprint density at radius 3 is 2.29 bits per heavy atom. The van der Waals surface area contributed by atoms with Crippen LogP contribution in [0.1, 0.15) is 46.4 Å². The number of carbonyl (C=O) groups is 1. The first-order valence-corrected chi connectivity index (χ1v) is 9.75. The van der Waals surface area contributed by atoms with Crippen molar-refractivity contribution in [3.63, 3.8) is 0 Å². The minimum absolute atomic E-state index is 0.187. The first-order valence-electron chi connectivity index (χ1n) is 8.76. The molecule has 0 aliphatic rings. The van der Waals surface area contributed by atoms with Crippen LogP contribution >= 0.6 is 11.8 Å². The van der Waals surface area contributed by atoms with E-state index in [9.17, 15) is 4.79 Å². The molecule has 136 valence electrons. The van der Waals surface area contributed by atoms with Gasteiger partial charge in [0.2, 0.25) is 5.91 Å². The molecule has 1 rings (SSSR count). The first-order chi connectivity index (χ1) is 11.3. The Morgan fingerprint density at radius 2 is 1.79 bits per heavy atom. The van der Waals surface area contributed by atoms with Gasteiger partial charge in [0.1, 0.15) is 5.82 Å². The molecule has 0 N–H and O–H groups in total. The fourth-order valence-corrected chi connectivity index (χ4v) is 3.11. The molecular formula is C18H32N4OS. The van der Waals surface area contributed by atoms with Crippen LogP contribution in [0.5, 0.6) is 0 Å². The molecule has 24 heavy (non-hydrogen) atoms. The van der Waals surface area contributed by atoms with Gasteiger partial charge in [0.25, 0.3) is 0 Å². The van der Waals surface area contributed by atoms with Crippen LogP contribution in [0.25, 0.3) is 0 Å². The van der Waals surface area contributed by atoms with Crippen LogP contribution < -0.4 is 0 Å². The lowest BCUT2D eigenvalue weighted by molar-refractivity contribution is -0.128. The van der Waals surface area contributed by atoms with Crippen LogP contribution in [0.3, 0.4) is 0 Å². The molecule has 0 fully saturated rings. The minimum Gasteiger partial charge on any atom is -0.342 e. The topological polar surface area (TPSA) is 51.0 Å². The van der Waals surface area contributed by atoms with Gasteiger partial charge in [-0.3, -0.25) is 4.79 Å². The summed E-state index contributed by atoms with van der Waals surface area (Å²) in [5.74, 6) is 2.65. The zero-order valence-electron chi connectivity index (χ0n) is 15.8. The van der Waals surface area contributed by atoms with Crippen LogP contribution in [0, 0.1) is 18.8 Å². The second-order valence-corrected chi connectivity index (χ2v) is 7.91. The monoisotopic (exact) mass is 352 g/mol. The van der Waals surface area contributed by atoms with E-state index in [1.165, 1.54) is 11.8 Å². The predicted octanol–water partition coefficient (Wildman–Crippen LogP) is 3.79. The van der Waals surface area contributed by atoms with E-state index in [0.29, 0.717) is 24.1 Å². The SMILES string of the molecule is C=CCn1c(C)nnc1SCC(=O)N(CCC(C)C)CCC(C)C. The van der Waals surface area contributed by atoms with Crippen molar-refractivity contribution in [2.75, 3.05) is 18.8 Å². The van der Waals surface area contributed by atoms with Gasteiger partial charge in [-0.1, -0.05) is 45.5 Å². The number of thioether (sulfide) groups is 1. The van der Waals surface area contributed by atoms with Gasteiger partial charge in [0.05, 0.1) is 5.75 Å². The number of nitrogens with zero attached hydrogens (tertiary/aromatic N) is 4. The Morgan fingerprint density at radius 1 is 1.21 bits per heavy atom. The van der Waals surface area contributed by atoms with Gasteiger partial charge in [-0.05, 0) is 31.6 Å². The van der Waals surface area contributed by atoms with Crippen molar-refractivity contribution in [2.24, 2.45) is 11.8 Å². The lowest BCUT2D eigenvalue weighted by Gasteiger charge is -2.24. The van der Waals surface area contributed by atoms with Crippen molar-refractivity contribution in [1.29, 1.82) is 0 Å². The third-order valence-corrected chi connectivity index (χ3v) is 4.80. The highest BCUT2D eigenvalue weighted by atomic mass is 32.2. The van der Waals surface area contributed by atoms with E-state index < -0.39 is 0 Å². The summed E-state index contributed by atoms with van der Waals surface area (Å²) in [6, 6.07) is 0. The fraction of sp³-hybridized carbons (Fsp3) is 0.722. The largest absolute Gasteiger partial charge is 0.342 e. The summed E-state index contributed by atoms with van der Waals surface area (Å²) >= 11 is 1.46. The highest BCUT2D eigenvalue weighted by molar-refractivity contribution is 7.99. The Labute approximate surface area is 150 Å². The molecule has 0 saturated carbocycles. The van der Waals surface area contributed by atoms with Crippen LogP contribution in [0.15, 0.2) is 17.8 Å². The summed E-state index contributed by atoms with van der Waals surface area (Å²) in [4.78, 5) is 14.7. The molecule has 1 heterocycles. The maximum absolute atomic E-state index is 12.6. The summed E-state index contributed by atoms with van der Waals surface area (Å²) in [5, 5.41) is 9.05. The van der Waals surface area contributed by atoms with Crippen LogP contribution in [-0.4, -0.2) is 44.4 Å². The number of rotatable bonds is 11. The highest BCUT2D eigenvalue weighted by Crippen LogP contribution is 2.18. The predicted molar refractivity (Wildman–Crippen MR) is 101 cm³/mol. The number of aromatic nitrogens is 3. The van der Waals surface area contributed by atoms with E-state index in [1.54, 1.807) is 0 Å². The molecule has 0 aliphatic carbocycles. The summed E-state index contributed by atoms with van der Waals surface area (Å²) in [7, 11) is 0. The number of hydrogen-bond acceptors (Lipinski definition) is 4. The van der Waals surface area contributed by atoms with E-state index in [4.69, 9.17) is 0 Å². The standard InChI is InChI=1S/C18H32N4OS/c1-7-10-22-16(6)19-20-18(22)24-13-17(23)21(11-8-14(2)3)12-9-15(4)5/h7,14-15H,1,8-13H2,2-6H3. The van der Waals surface area contributed by atoms with E-state index in [2.05, 4.69) is 44.5 Å². The molecule has 0 atom stereocenters. The Bertz CT molecular complexity index is 513. The molecule has 1 aromatic rings. The Balaban J connectivity index is 2.64. The lowest BCUT2D eigenvalue weighted by Crippen LogP contribution is -2.35. The molecule has 0 bridgehead atoms. The Kier molecular flexibility index (Phi) is 9.11. The zero-order valence-corrected chi connectivity index (χ0v) is 16.6. The van der Waals surface area contributed by atoms with Gasteiger partial charge in [0, 0.05) is 19.6 Å². The molecule has 5 nitrogen and oxygen atoms in total. The zero-order chi connectivity index (χ0) is 18.1. The minimum atomic E-state index is 0.187. The third kappa shape index (κ3) is 7.07. The maximum atomic E-state index is 12.6. The van der Waals surface area contributed by atoms with Crippen molar-refractivity contribution in [3.05, 3.63) is 18.5 Å². The molecule has 0 aromatic carbocycles. The van der Waals surface area contributed by atoms with Gasteiger partial charge in [-0.2, -0.15) is 0 Å². The quantitative estimate of drug-likeness (QED) is 0.449. The summed E-state index contributed by atoms with van der Waals surface area (Å²) < 4.78 is 1.98. The van der Waals surface area contributed by atoms with E-state index in [0.717, 1.165) is 36.9 Å². The van der Waals surface area contributed by atoms with Crippen molar-refractivity contribution in [3.8, 4) is 0 Å². The molecular weight excluding hydrogens is 320 g/mol. The molecule has 0 spiro atoms. The fourth-order valence-electron chi connectivity index (χ4n) is 2.21. The van der Waals surface area contributed by atoms with Crippen molar-refractivity contribution >= 4 is 17.7 Å². The lowest BCUT2D eigenvalue weighted by atomic mass is 10.1. The van der Waals surface area contributed by atoms with Gasteiger partial charge >= 0.3 is 0 Å². The van der Waals surface area contributed by atoms with E-state index in [-0.39, 0.29) is 5.91 Å². The average molecular weight is 353 g/mol. The van der Waals surface area contributed by atoms with Gasteiger partial charge in [-0.25, -0.2) is 0 Å². The molecule has 0 saturated heterocycles. The number of carbonyl (C=O) groups excluding carboxylic acids is 1. The summed E-state index contributed by atoms with van der Waals surface area (Å²) in [6.45, 7) is 16.8. The second-order valence-electron chi connectivity index (χ2n) is 6.96. The van der Waals surface area contributed by atoms with E-state index in [1.807, 2.05) is 22.5 Å². The number of aryl methyl sites for hydroxylation is 1.